The molecule has 0 bridgehead atoms. The van der Waals surface area contributed by atoms with E-state index in [1.165, 1.54) is 0 Å². The second-order valence-corrected chi connectivity index (χ2v) is 5.69. The van der Waals surface area contributed by atoms with E-state index in [-0.39, 0.29) is 5.56 Å². The molecule has 1 aliphatic heterocycles. The standard InChI is InChI=1S/C15H16N6O2/c22-15(23)9-1-2-11-12(7-9)18-14(17-11)13-8-21(20-19-13)10-3-5-16-6-4-10/h1-2,7-8,10,16H,3-6H2,(H,17,18)(H,22,23). The van der Waals surface area contributed by atoms with Gasteiger partial charge in [0.05, 0.1) is 28.8 Å². The van der Waals surface area contributed by atoms with Crippen LogP contribution >= 0.6 is 0 Å². The number of nitrogens with zero attached hydrogens (tertiary/aromatic N) is 4. The maximum Gasteiger partial charge on any atom is 0.335 e. The second-order valence-electron chi connectivity index (χ2n) is 5.69. The van der Waals surface area contributed by atoms with Gasteiger partial charge in [0.25, 0.3) is 0 Å². The Kier molecular flexibility index (Phi) is 3.30. The topological polar surface area (TPSA) is 109 Å². The number of aromatic nitrogens is 5. The average Bonchev–Trinajstić information content (AvgIpc) is 3.21. The number of hydrogen-bond donors (Lipinski definition) is 3. The summed E-state index contributed by atoms with van der Waals surface area (Å²) in [7, 11) is 0. The zero-order valence-corrected chi connectivity index (χ0v) is 12.4. The number of carboxylic acids is 1. The molecule has 3 N–H and O–H groups in total. The molecule has 3 heterocycles. The monoisotopic (exact) mass is 312 g/mol. The number of carboxylic acid groups (broad SMARTS) is 1. The molecule has 1 aliphatic rings. The largest absolute Gasteiger partial charge is 0.478 e. The Balaban J connectivity index is 1.66. The molecule has 8 heteroatoms. The van der Waals surface area contributed by atoms with Crippen LogP contribution in [0.25, 0.3) is 22.6 Å². The van der Waals surface area contributed by atoms with Crippen LogP contribution in [0.3, 0.4) is 0 Å². The minimum absolute atomic E-state index is 0.228. The number of hydrogen-bond acceptors (Lipinski definition) is 5. The van der Waals surface area contributed by atoms with E-state index in [0.717, 1.165) is 25.9 Å². The highest BCUT2D eigenvalue weighted by Crippen LogP contribution is 2.22. The van der Waals surface area contributed by atoms with Crippen molar-refractivity contribution < 1.29 is 9.90 Å². The minimum atomic E-state index is -0.958. The summed E-state index contributed by atoms with van der Waals surface area (Å²) < 4.78 is 1.89. The van der Waals surface area contributed by atoms with Gasteiger partial charge in [-0.1, -0.05) is 5.21 Å². The third-order valence-electron chi connectivity index (χ3n) is 4.16. The van der Waals surface area contributed by atoms with E-state index in [1.54, 1.807) is 18.2 Å². The van der Waals surface area contributed by atoms with Crippen LogP contribution in [0.1, 0.15) is 29.2 Å². The number of fused-ring (bicyclic) bond motifs is 1. The average molecular weight is 312 g/mol. The minimum Gasteiger partial charge on any atom is -0.478 e. The van der Waals surface area contributed by atoms with Gasteiger partial charge in [-0.25, -0.2) is 14.5 Å². The summed E-state index contributed by atoms with van der Waals surface area (Å²) in [5.41, 5.74) is 2.28. The van der Waals surface area contributed by atoms with Gasteiger partial charge in [-0.3, -0.25) is 0 Å². The molecule has 1 saturated heterocycles. The van der Waals surface area contributed by atoms with Crippen LogP contribution in [0.5, 0.6) is 0 Å². The molecule has 0 atom stereocenters. The highest BCUT2D eigenvalue weighted by atomic mass is 16.4. The molecule has 0 amide bonds. The van der Waals surface area contributed by atoms with Crippen LogP contribution in [0.2, 0.25) is 0 Å². The van der Waals surface area contributed by atoms with Gasteiger partial charge in [0.2, 0.25) is 0 Å². The Morgan fingerprint density at radius 3 is 2.91 bits per heavy atom. The van der Waals surface area contributed by atoms with Crippen LogP contribution in [0.4, 0.5) is 0 Å². The van der Waals surface area contributed by atoms with E-state index in [4.69, 9.17) is 5.11 Å². The molecular formula is C15H16N6O2. The molecule has 1 fully saturated rings. The molecule has 8 nitrogen and oxygen atoms in total. The summed E-state index contributed by atoms with van der Waals surface area (Å²) in [6.07, 6.45) is 3.96. The Bertz CT molecular complexity index is 862. The molecule has 23 heavy (non-hydrogen) atoms. The van der Waals surface area contributed by atoms with E-state index >= 15 is 0 Å². The maximum atomic E-state index is 11.0. The lowest BCUT2D eigenvalue weighted by Gasteiger charge is -2.21. The molecule has 4 rings (SSSR count). The van der Waals surface area contributed by atoms with E-state index in [0.29, 0.717) is 28.6 Å². The van der Waals surface area contributed by atoms with Gasteiger partial charge in [-0.05, 0) is 44.1 Å². The van der Waals surface area contributed by atoms with Gasteiger partial charge in [0.1, 0.15) is 5.69 Å². The summed E-state index contributed by atoms with van der Waals surface area (Å²) in [4.78, 5) is 18.6. The van der Waals surface area contributed by atoms with Gasteiger partial charge in [-0.15, -0.1) is 5.10 Å². The number of H-pyrrole nitrogens is 1. The van der Waals surface area contributed by atoms with Crippen molar-refractivity contribution >= 4 is 17.0 Å². The first-order valence-corrected chi connectivity index (χ1v) is 7.57. The van der Waals surface area contributed by atoms with Crippen molar-refractivity contribution in [1.29, 1.82) is 0 Å². The van der Waals surface area contributed by atoms with Crippen LogP contribution < -0.4 is 5.32 Å². The molecular weight excluding hydrogens is 296 g/mol. The van der Waals surface area contributed by atoms with Gasteiger partial charge in [0.15, 0.2) is 5.82 Å². The lowest BCUT2D eigenvalue weighted by molar-refractivity contribution is 0.0697. The molecule has 0 unspecified atom stereocenters. The summed E-state index contributed by atoms with van der Waals surface area (Å²) in [5, 5.41) is 20.8. The second kappa shape index (κ2) is 5.47. The van der Waals surface area contributed by atoms with Crippen LogP contribution in [0, 0.1) is 0 Å². The third kappa shape index (κ3) is 2.57. The van der Waals surface area contributed by atoms with E-state index < -0.39 is 5.97 Å². The van der Waals surface area contributed by atoms with Gasteiger partial charge < -0.3 is 15.4 Å². The predicted molar refractivity (Wildman–Crippen MR) is 83.2 cm³/mol. The lowest BCUT2D eigenvalue weighted by Crippen LogP contribution is -2.29. The normalized spacial score (nSPS) is 16.0. The van der Waals surface area contributed by atoms with Gasteiger partial charge in [0, 0.05) is 0 Å². The van der Waals surface area contributed by atoms with Crippen LogP contribution in [0.15, 0.2) is 24.4 Å². The fourth-order valence-electron chi connectivity index (χ4n) is 2.90. The number of imidazole rings is 1. The van der Waals surface area contributed by atoms with Crippen molar-refractivity contribution in [3.05, 3.63) is 30.0 Å². The Labute approximate surface area is 131 Å². The highest BCUT2D eigenvalue weighted by molar-refractivity contribution is 5.92. The zero-order valence-electron chi connectivity index (χ0n) is 12.4. The van der Waals surface area contributed by atoms with Crippen molar-refractivity contribution in [3.8, 4) is 11.5 Å². The number of aromatic carboxylic acids is 1. The number of carbonyl (C=O) groups is 1. The SMILES string of the molecule is O=C(O)c1ccc2nc(-c3cn(C4CCNCC4)nn3)[nH]c2c1. The molecule has 0 aliphatic carbocycles. The Morgan fingerprint density at radius 1 is 1.30 bits per heavy atom. The first-order valence-electron chi connectivity index (χ1n) is 7.57. The van der Waals surface area contributed by atoms with Crippen LogP contribution in [-0.2, 0) is 0 Å². The van der Waals surface area contributed by atoms with Crippen molar-refractivity contribution in [1.82, 2.24) is 30.3 Å². The Hall–Kier alpha value is -2.74. The number of nitrogens with one attached hydrogen (secondary N) is 2. The summed E-state index contributed by atoms with van der Waals surface area (Å²) in [5.74, 6) is -0.359. The summed E-state index contributed by atoms with van der Waals surface area (Å²) in [6.45, 7) is 1.98. The quantitative estimate of drug-likeness (QED) is 0.675. The van der Waals surface area contributed by atoms with Gasteiger partial charge in [-0.2, -0.15) is 0 Å². The first kappa shape index (κ1) is 13.9. The fraction of sp³-hybridized carbons (Fsp3) is 0.333. The smallest absolute Gasteiger partial charge is 0.335 e. The molecule has 3 aromatic rings. The molecule has 2 aromatic heterocycles. The molecule has 0 radical (unpaired) electrons. The van der Waals surface area contributed by atoms with E-state index in [9.17, 15) is 4.79 Å². The van der Waals surface area contributed by atoms with Crippen LogP contribution in [-0.4, -0.2) is 49.1 Å². The zero-order chi connectivity index (χ0) is 15.8. The van der Waals surface area contributed by atoms with Crippen molar-refractivity contribution in [2.45, 2.75) is 18.9 Å². The first-order chi connectivity index (χ1) is 11.2. The van der Waals surface area contributed by atoms with Crippen molar-refractivity contribution in [2.75, 3.05) is 13.1 Å². The Morgan fingerprint density at radius 2 is 2.13 bits per heavy atom. The fourth-order valence-corrected chi connectivity index (χ4v) is 2.90. The molecule has 0 saturated carbocycles. The summed E-state index contributed by atoms with van der Waals surface area (Å²) in [6, 6.07) is 5.17. The maximum absolute atomic E-state index is 11.0. The number of rotatable bonds is 3. The number of aromatic amines is 1. The summed E-state index contributed by atoms with van der Waals surface area (Å²) >= 11 is 0. The van der Waals surface area contributed by atoms with E-state index in [1.807, 2.05) is 10.9 Å². The highest BCUT2D eigenvalue weighted by Gasteiger charge is 2.18. The number of piperidine rings is 1. The van der Waals surface area contributed by atoms with E-state index in [2.05, 4.69) is 25.6 Å². The van der Waals surface area contributed by atoms with Crippen molar-refractivity contribution in [3.63, 3.8) is 0 Å². The molecule has 118 valence electrons. The lowest BCUT2D eigenvalue weighted by atomic mass is 10.1. The third-order valence-corrected chi connectivity index (χ3v) is 4.16. The number of benzene rings is 1. The van der Waals surface area contributed by atoms with Gasteiger partial charge >= 0.3 is 5.97 Å². The molecule has 1 aromatic carbocycles. The predicted octanol–water partition coefficient (Wildman–Crippen LogP) is 1.44. The molecule has 0 spiro atoms. The van der Waals surface area contributed by atoms with Crippen molar-refractivity contribution in [2.24, 2.45) is 0 Å².